The molecule has 0 radical (unpaired) electrons. The fraction of sp³-hybridized carbons (Fsp3) is 0.500. The third-order valence-electron chi connectivity index (χ3n) is 4.12. The lowest BCUT2D eigenvalue weighted by Gasteiger charge is -2.36. The van der Waals surface area contributed by atoms with E-state index < -0.39 is 0 Å². The largest absolute Gasteiger partial charge is 0.312 e. The van der Waals surface area contributed by atoms with Crippen molar-refractivity contribution in [2.24, 2.45) is 0 Å². The number of nitrogens with one attached hydrogen (secondary N) is 1. The van der Waals surface area contributed by atoms with Crippen LogP contribution in [0.15, 0.2) is 23.6 Å². The van der Waals surface area contributed by atoms with E-state index in [1.54, 1.807) is 0 Å². The van der Waals surface area contributed by atoms with Crippen LogP contribution in [0.4, 0.5) is 0 Å². The van der Waals surface area contributed by atoms with Crippen molar-refractivity contribution in [1.82, 2.24) is 5.32 Å². The van der Waals surface area contributed by atoms with Crippen LogP contribution in [-0.4, -0.2) is 12.1 Å². The van der Waals surface area contributed by atoms with Crippen molar-refractivity contribution in [1.29, 1.82) is 0 Å². The van der Waals surface area contributed by atoms with Gasteiger partial charge in [0, 0.05) is 10.2 Å². The number of thiophene rings is 1. The number of fused-ring (bicyclic) bond motifs is 1. The van der Waals surface area contributed by atoms with Gasteiger partial charge in [0.1, 0.15) is 0 Å². The summed E-state index contributed by atoms with van der Waals surface area (Å²) in [6.07, 6.45) is 2.50. The van der Waals surface area contributed by atoms with E-state index >= 15 is 0 Å². The molecule has 0 bridgehead atoms. The number of aryl methyl sites for hydroxylation is 1. The lowest BCUT2D eigenvalue weighted by atomic mass is 9.80. The van der Waals surface area contributed by atoms with Gasteiger partial charge in [-0.3, -0.25) is 0 Å². The maximum atomic E-state index is 3.60. The van der Waals surface area contributed by atoms with Crippen molar-refractivity contribution in [3.63, 3.8) is 0 Å². The van der Waals surface area contributed by atoms with Gasteiger partial charge < -0.3 is 5.32 Å². The minimum Gasteiger partial charge on any atom is -0.312 e. The van der Waals surface area contributed by atoms with Crippen LogP contribution < -0.4 is 5.32 Å². The van der Waals surface area contributed by atoms with E-state index in [-0.39, 0.29) is 5.54 Å². The van der Waals surface area contributed by atoms with Crippen LogP contribution in [0.5, 0.6) is 0 Å². The highest BCUT2D eigenvalue weighted by Crippen LogP contribution is 2.35. The predicted molar refractivity (Wildman–Crippen MR) is 80.6 cm³/mol. The quantitative estimate of drug-likeness (QED) is 0.797. The minimum absolute atomic E-state index is 0.279. The van der Waals surface area contributed by atoms with E-state index in [4.69, 9.17) is 0 Å². The second-order valence-corrected chi connectivity index (χ2v) is 7.09. The SMILES string of the molecule is Cc1csc2ccc(C3CCNC(C)(C)C3)cc12. The first kappa shape index (κ1) is 12.2. The molecule has 1 saturated heterocycles. The number of piperidine rings is 1. The summed E-state index contributed by atoms with van der Waals surface area (Å²) in [7, 11) is 0. The van der Waals surface area contributed by atoms with Crippen LogP contribution in [0, 0.1) is 6.92 Å². The Morgan fingerprint density at radius 1 is 1.33 bits per heavy atom. The van der Waals surface area contributed by atoms with Crippen molar-refractivity contribution in [3.05, 3.63) is 34.7 Å². The Kier molecular flexibility index (Phi) is 2.95. The standard InChI is InChI=1S/C16H21NS/c1-11-10-18-15-5-4-12(8-14(11)15)13-6-7-17-16(2,3)9-13/h4-5,8,10,13,17H,6-7,9H2,1-3H3. The summed E-state index contributed by atoms with van der Waals surface area (Å²) >= 11 is 1.86. The molecule has 18 heavy (non-hydrogen) atoms. The molecular formula is C16H21NS. The van der Waals surface area contributed by atoms with Crippen LogP contribution in [0.3, 0.4) is 0 Å². The lowest BCUT2D eigenvalue weighted by Crippen LogP contribution is -2.45. The smallest absolute Gasteiger partial charge is 0.0345 e. The lowest BCUT2D eigenvalue weighted by molar-refractivity contribution is 0.275. The van der Waals surface area contributed by atoms with Crippen molar-refractivity contribution in [2.45, 2.75) is 45.1 Å². The third-order valence-corrected chi connectivity index (χ3v) is 5.20. The fourth-order valence-corrected chi connectivity index (χ4v) is 4.01. The molecule has 1 aliphatic heterocycles. The minimum atomic E-state index is 0.279. The zero-order valence-corrected chi connectivity index (χ0v) is 12.2. The Labute approximate surface area is 113 Å². The van der Waals surface area contributed by atoms with Crippen LogP contribution in [0.1, 0.15) is 43.7 Å². The van der Waals surface area contributed by atoms with E-state index in [2.05, 4.69) is 49.7 Å². The Morgan fingerprint density at radius 2 is 2.17 bits per heavy atom. The van der Waals surface area contributed by atoms with E-state index in [0.29, 0.717) is 5.92 Å². The van der Waals surface area contributed by atoms with E-state index in [9.17, 15) is 0 Å². The normalized spacial score (nSPS) is 23.4. The molecule has 96 valence electrons. The van der Waals surface area contributed by atoms with Gasteiger partial charge in [0.25, 0.3) is 0 Å². The topological polar surface area (TPSA) is 12.0 Å². The van der Waals surface area contributed by atoms with Crippen LogP contribution in [-0.2, 0) is 0 Å². The number of hydrogen-bond acceptors (Lipinski definition) is 2. The van der Waals surface area contributed by atoms with Crippen molar-refractivity contribution in [2.75, 3.05) is 6.54 Å². The molecule has 0 aliphatic carbocycles. The molecule has 1 aliphatic rings. The average molecular weight is 259 g/mol. The van der Waals surface area contributed by atoms with Gasteiger partial charge in [-0.05, 0) is 80.1 Å². The molecule has 1 aromatic heterocycles. The van der Waals surface area contributed by atoms with Gasteiger partial charge in [-0.1, -0.05) is 6.07 Å². The number of rotatable bonds is 1. The molecule has 2 aromatic rings. The first-order valence-electron chi connectivity index (χ1n) is 6.78. The predicted octanol–water partition coefficient (Wildman–Crippen LogP) is 4.46. The molecule has 0 saturated carbocycles. The second-order valence-electron chi connectivity index (χ2n) is 6.17. The first-order valence-corrected chi connectivity index (χ1v) is 7.66. The number of hydrogen-bond donors (Lipinski definition) is 1. The zero-order valence-electron chi connectivity index (χ0n) is 11.4. The van der Waals surface area contributed by atoms with Gasteiger partial charge >= 0.3 is 0 Å². The molecule has 1 fully saturated rings. The molecule has 1 N–H and O–H groups in total. The van der Waals surface area contributed by atoms with Gasteiger partial charge in [-0.25, -0.2) is 0 Å². The number of benzene rings is 1. The Hall–Kier alpha value is -0.860. The molecule has 2 heterocycles. The van der Waals surface area contributed by atoms with E-state index in [1.165, 1.54) is 34.1 Å². The molecule has 1 nitrogen and oxygen atoms in total. The van der Waals surface area contributed by atoms with Gasteiger partial charge in [0.15, 0.2) is 0 Å². The van der Waals surface area contributed by atoms with Gasteiger partial charge in [-0.15, -0.1) is 11.3 Å². The maximum Gasteiger partial charge on any atom is 0.0345 e. The van der Waals surface area contributed by atoms with Crippen LogP contribution >= 0.6 is 11.3 Å². The first-order chi connectivity index (χ1) is 8.55. The second kappa shape index (κ2) is 4.36. The van der Waals surface area contributed by atoms with E-state index in [1.807, 2.05) is 11.3 Å². The van der Waals surface area contributed by atoms with Crippen LogP contribution in [0.2, 0.25) is 0 Å². The summed E-state index contributed by atoms with van der Waals surface area (Å²) in [6, 6.07) is 7.06. The van der Waals surface area contributed by atoms with E-state index in [0.717, 1.165) is 6.54 Å². The maximum absolute atomic E-state index is 3.60. The monoisotopic (exact) mass is 259 g/mol. The summed E-state index contributed by atoms with van der Waals surface area (Å²) in [5, 5.41) is 7.32. The fourth-order valence-electron chi connectivity index (χ4n) is 3.09. The van der Waals surface area contributed by atoms with Crippen molar-refractivity contribution >= 4 is 21.4 Å². The molecule has 3 rings (SSSR count). The van der Waals surface area contributed by atoms with Gasteiger partial charge in [0.2, 0.25) is 0 Å². The summed E-state index contributed by atoms with van der Waals surface area (Å²) in [6.45, 7) is 7.98. The van der Waals surface area contributed by atoms with Gasteiger partial charge in [0.05, 0.1) is 0 Å². The average Bonchev–Trinajstić information content (AvgIpc) is 2.69. The molecule has 0 spiro atoms. The molecule has 1 aromatic carbocycles. The summed E-state index contributed by atoms with van der Waals surface area (Å²) < 4.78 is 1.42. The summed E-state index contributed by atoms with van der Waals surface area (Å²) in [5.74, 6) is 0.713. The van der Waals surface area contributed by atoms with Gasteiger partial charge in [-0.2, -0.15) is 0 Å². The molecule has 1 unspecified atom stereocenters. The van der Waals surface area contributed by atoms with Crippen molar-refractivity contribution < 1.29 is 0 Å². The third kappa shape index (κ3) is 2.19. The highest BCUT2D eigenvalue weighted by Gasteiger charge is 2.28. The zero-order chi connectivity index (χ0) is 12.8. The molecular weight excluding hydrogens is 238 g/mol. The molecule has 1 atom stereocenters. The van der Waals surface area contributed by atoms with Crippen molar-refractivity contribution in [3.8, 4) is 0 Å². The Balaban J connectivity index is 1.96. The molecule has 2 heteroatoms. The Morgan fingerprint density at radius 3 is 2.94 bits per heavy atom. The summed E-state index contributed by atoms with van der Waals surface area (Å²) in [4.78, 5) is 0. The summed E-state index contributed by atoms with van der Waals surface area (Å²) in [5.41, 5.74) is 3.23. The van der Waals surface area contributed by atoms with Crippen LogP contribution in [0.25, 0.3) is 10.1 Å². The highest BCUT2D eigenvalue weighted by molar-refractivity contribution is 7.17. The molecule has 0 amide bonds. The Bertz CT molecular complexity index is 567. The highest BCUT2D eigenvalue weighted by atomic mass is 32.1.